The molecule has 9 nitrogen and oxygen atoms in total. The summed E-state index contributed by atoms with van der Waals surface area (Å²) in [6, 6.07) is 3.02. The van der Waals surface area contributed by atoms with Crippen molar-refractivity contribution in [1.29, 1.82) is 0 Å². The summed E-state index contributed by atoms with van der Waals surface area (Å²) < 4.78 is 0. The van der Waals surface area contributed by atoms with Gasteiger partial charge >= 0.3 is 5.00 Å². The number of thiophene rings is 1. The van der Waals surface area contributed by atoms with E-state index < -0.39 is 4.92 Å². The van der Waals surface area contributed by atoms with Crippen molar-refractivity contribution in [3.63, 3.8) is 0 Å². The van der Waals surface area contributed by atoms with Gasteiger partial charge < -0.3 is 0 Å². The lowest BCUT2D eigenvalue weighted by atomic mass is 10.5. The Labute approximate surface area is 92.3 Å². The number of hydrazone groups is 1. The molecule has 0 aliphatic carbocycles. The molecule has 0 aliphatic heterocycles. The van der Waals surface area contributed by atoms with E-state index in [2.05, 4.69) is 31.2 Å². The zero-order valence-electron chi connectivity index (χ0n) is 7.69. The van der Waals surface area contributed by atoms with Crippen LogP contribution in [0.1, 0.15) is 4.88 Å². The van der Waals surface area contributed by atoms with Gasteiger partial charge in [-0.1, -0.05) is 16.4 Å². The van der Waals surface area contributed by atoms with Crippen molar-refractivity contribution in [3.8, 4) is 0 Å². The topological polar surface area (TPSA) is 122 Å². The summed E-state index contributed by atoms with van der Waals surface area (Å²) >= 11 is 1.03. The molecule has 0 saturated carbocycles. The van der Waals surface area contributed by atoms with Crippen LogP contribution in [0.4, 0.5) is 10.9 Å². The first-order valence-electron chi connectivity index (χ1n) is 4.02. The summed E-state index contributed by atoms with van der Waals surface area (Å²) in [5.74, 6) is 0.224. The van der Waals surface area contributed by atoms with Crippen LogP contribution in [-0.2, 0) is 0 Å². The van der Waals surface area contributed by atoms with Gasteiger partial charge in [0.05, 0.1) is 16.0 Å². The maximum Gasteiger partial charge on any atom is 0.324 e. The second kappa shape index (κ2) is 4.44. The Balaban J connectivity index is 1.98. The molecule has 16 heavy (non-hydrogen) atoms. The number of hydrogen-bond donors (Lipinski definition) is 2. The molecular weight excluding hydrogens is 234 g/mol. The first-order chi connectivity index (χ1) is 7.75. The monoisotopic (exact) mass is 239 g/mol. The molecule has 0 spiro atoms. The molecular formula is C6H5N7O2S. The van der Waals surface area contributed by atoms with Crippen LogP contribution < -0.4 is 5.43 Å². The second-order valence-corrected chi connectivity index (χ2v) is 3.63. The number of nitrogens with zero attached hydrogens (tertiary/aromatic N) is 5. The smallest absolute Gasteiger partial charge is 0.258 e. The molecule has 0 saturated heterocycles. The summed E-state index contributed by atoms with van der Waals surface area (Å²) in [6.45, 7) is 0. The molecule has 2 heterocycles. The number of nitrogens with one attached hydrogen (secondary N) is 2. The van der Waals surface area contributed by atoms with Crippen LogP contribution in [0, 0.1) is 10.1 Å². The molecule has 0 aromatic carbocycles. The van der Waals surface area contributed by atoms with Crippen molar-refractivity contribution >= 4 is 28.5 Å². The normalized spacial score (nSPS) is 10.8. The van der Waals surface area contributed by atoms with Crippen molar-refractivity contribution in [2.75, 3.05) is 5.43 Å². The maximum atomic E-state index is 10.4. The van der Waals surface area contributed by atoms with Gasteiger partial charge in [0, 0.05) is 6.07 Å². The Kier molecular flexibility index (Phi) is 2.82. The van der Waals surface area contributed by atoms with E-state index >= 15 is 0 Å². The third-order valence-corrected chi connectivity index (χ3v) is 2.47. The van der Waals surface area contributed by atoms with E-state index in [1.165, 1.54) is 12.3 Å². The largest absolute Gasteiger partial charge is 0.324 e. The van der Waals surface area contributed by atoms with Gasteiger partial charge in [0.2, 0.25) is 0 Å². The fraction of sp³-hybridized carbons (Fsp3) is 0. The van der Waals surface area contributed by atoms with Crippen molar-refractivity contribution in [3.05, 3.63) is 27.1 Å². The van der Waals surface area contributed by atoms with E-state index in [1.807, 2.05) is 0 Å². The number of rotatable bonds is 4. The van der Waals surface area contributed by atoms with Gasteiger partial charge in [0.25, 0.3) is 5.95 Å². The summed E-state index contributed by atoms with van der Waals surface area (Å²) in [7, 11) is 0. The average molecular weight is 239 g/mol. The van der Waals surface area contributed by atoms with Gasteiger partial charge in [0.15, 0.2) is 0 Å². The standard InChI is InChI=1S/C6H5N7O2S/c14-13(15)5-2-1-4(16-5)3-7-8-6-9-11-12-10-6/h1-3H,(H2,8,9,10,11,12)/b7-3+. The molecule has 2 N–H and O–H groups in total. The lowest BCUT2D eigenvalue weighted by molar-refractivity contribution is -0.380. The Hall–Kier alpha value is -2.36. The fourth-order valence-electron chi connectivity index (χ4n) is 0.873. The van der Waals surface area contributed by atoms with Gasteiger partial charge in [-0.2, -0.15) is 10.3 Å². The molecule has 0 amide bonds. The minimum atomic E-state index is -0.450. The van der Waals surface area contributed by atoms with E-state index in [0.29, 0.717) is 4.88 Å². The van der Waals surface area contributed by atoms with Crippen LogP contribution in [0.2, 0.25) is 0 Å². The summed E-state index contributed by atoms with van der Waals surface area (Å²) in [4.78, 5) is 10.6. The van der Waals surface area contributed by atoms with Crippen molar-refractivity contribution in [1.82, 2.24) is 20.6 Å². The predicted molar refractivity (Wildman–Crippen MR) is 56.4 cm³/mol. The molecule has 0 aliphatic rings. The van der Waals surface area contributed by atoms with Crippen LogP contribution in [-0.4, -0.2) is 31.8 Å². The third-order valence-electron chi connectivity index (χ3n) is 1.49. The minimum absolute atomic E-state index is 0.0704. The van der Waals surface area contributed by atoms with Gasteiger partial charge in [-0.3, -0.25) is 10.1 Å². The first kappa shape index (κ1) is 10.2. The second-order valence-electron chi connectivity index (χ2n) is 2.54. The molecule has 0 fully saturated rings. The zero-order chi connectivity index (χ0) is 11.4. The highest BCUT2D eigenvalue weighted by molar-refractivity contribution is 7.16. The molecule has 2 aromatic heterocycles. The van der Waals surface area contributed by atoms with Crippen LogP contribution in [0.5, 0.6) is 0 Å². The maximum absolute atomic E-state index is 10.4. The van der Waals surface area contributed by atoms with Crippen molar-refractivity contribution in [2.24, 2.45) is 5.10 Å². The number of aromatic nitrogens is 4. The quantitative estimate of drug-likeness (QED) is 0.458. The van der Waals surface area contributed by atoms with Gasteiger partial charge in [-0.05, 0) is 11.3 Å². The molecule has 82 valence electrons. The van der Waals surface area contributed by atoms with Crippen LogP contribution in [0.15, 0.2) is 17.2 Å². The molecule has 10 heteroatoms. The lowest BCUT2D eigenvalue weighted by Gasteiger charge is -1.87. The lowest BCUT2D eigenvalue weighted by Crippen LogP contribution is -1.91. The summed E-state index contributed by atoms with van der Waals surface area (Å²) in [5, 5.41) is 27.0. The number of tetrazole rings is 1. The number of H-pyrrole nitrogens is 1. The van der Waals surface area contributed by atoms with Crippen LogP contribution in [0.3, 0.4) is 0 Å². The highest BCUT2D eigenvalue weighted by Gasteiger charge is 2.07. The third kappa shape index (κ3) is 2.36. The average Bonchev–Trinajstić information content (AvgIpc) is 2.87. The molecule has 0 atom stereocenters. The Bertz CT molecular complexity index is 505. The SMILES string of the molecule is O=[N+]([O-])c1ccc(/C=N/Nc2nn[nH]n2)s1. The van der Waals surface area contributed by atoms with Crippen LogP contribution in [0.25, 0.3) is 0 Å². The van der Waals surface area contributed by atoms with E-state index in [0.717, 1.165) is 11.3 Å². The summed E-state index contributed by atoms with van der Waals surface area (Å²) in [5.41, 5.74) is 2.50. The molecule has 0 radical (unpaired) electrons. The number of aromatic amines is 1. The number of nitro groups is 1. The van der Waals surface area contributed by atoms with E-state index in [-0.39, 0.29) is 10.9 Å². The fourth-order valence-corrected chi connectivity index (χ4v) is 1.57. The summed E-state index contributed by atoms with van der Waals surface area (Å²) in [6.07, 6.45) is 1.44. The molecule has 2 aromatic rings. The minimum Gasteiger partial charge on any atom is -0.258 e. The Morgan fingerprint density at radius 2 is 2.50 bits per heavy atom. The molecule has 0 unspecified atom stereocenters. The molecule has 2 rings (SSSR count). The Morgan fingerprint density at radius 1 is 1.62 bits per heavy atom. The zero-order valence-corrected chi connectivity index (χ0v) is 8.51. The highest BCUT2D eigenvalue weighted by atomic mass is 32.1. The van der Waals surface area contributed by atoms with Gasteiger partial charge in [-0.25, -0.2) is 5.43 Å². The van der Waals surface area contributed by atoms with E-state index in [9.17, 15) is 10.1 Å². The first-order valence-corrected chi connectivity index (χ1v) is 4.84. The predicted octanol–water partition coefficient (Wildman–Crippen LogP) is 0.615. The molecule has 0 bridgehead atoms. The Morgan fingerprint density at radius 3 is 3.12 bits per heavy atom. The van der Waals surface area contributed by atoms with Gasteiger partial charge in [-0.15, -0.1) is 5.10 Å². The highest BCUT2D eigenvalue weighted by Crippen LogP contribution is 2.22. The van der Waals surface area contributed by atoms with Crippen molar-refractivity contribution in [2.45, 2.75) is 0 Å². The van der Waals surface area contributed by atoms with Gasteiger partial charge in [0.1, 0.15) is 0 Å². The van der Waals surface area contributed by atoms with E-state index in [4.69, 9.17) is 0 Å². The number of anilines is 1. The van der Waals surface area contributed by atoms with Crippen molar-refractivity contribution < 1.29 is 4.92 Å². The van der Waals surface area contributed by atoms with Crippen LogP contribution >= 0.6 is 11.3 Å². The number of hydrogen-bond acceptors (Lipinski definition) is 8. The van der Waals surface area contributed by atoms with E-state index in [1.54, 1.807) is 6.07 Å².